The molecule has 1 aromatic carbocycles. The number of carbonyl (C=O) groups is 3. The average molecular weight is 527 g/mol. The van der Waals surface area contributed by atoms with Crippen LogP contribution in [0.1, 0.15) is 58.4 Å². The summed E-state index contributed by atoms with van der Waals surface area (Å²) in [7, 11) is 0.0248. The number of hydrogen-bond acceptors (Lipinski definition) is 7. The summed E-state index contributed by atoms with van der Waals surface area (Å²) in [5.74, 6) is -3.96. The van der Waals surface area contributed by atoms with Crippen LogP contribution < -0.4 is 0 Å². The Kier molecular flexibility index (Phi) is 8.42. The Morgan fingerprint density at radius 3 is 2.63 bits per heavy atom. The zero-order valence-corrected chi connectivity index (χ0v) is 22.3. The fourth-order valence-corrected chi connectivity index (χ4v) is 6.28. The molecule has 0 saturated carbocycles. The maximum absolute atomic E-state index is 13.9. The van der Waals surface area contributed by atoms with Crippen molar-refractivity contribution in [3.63, 3.8) is 0 Å². The minimum absolute atomic E-state index is 0.0792. The summed E-state index contributed by atoms with van der Waals surface area (Å²) in [6, 6.07) is 4.27. The maximum Gasteiger partial charge on any atom is 0.455 e. The zero-order chi connectivity index (χ0) is 27.7. The molecule has 0 bridgehead atoms. The van der Waals surface area contributed by atoms with E-state index in [1.54, 1.807) is 6.07 Å². The van der Waals surface area contributed by atoms with Crippen molar-refractivity contribution in [1.29, 1.82) is 0 Å². The van der Waals surface area contributed by atoms with Crippen LogP contribution in [0.4, 0.5) is 9.18 Å². The van der Waals surface area contributed by atoms with E-state index < -0.39 is 60.5 Å². The molecule has 0 radical (unpaired) electrons. The summed E-state index contributed by atoms with van der Waals surface area (Å²) in [4.78, 5) is 39.3. The fourth-order valence-electron chi connectivity index (χ4n) is 6.28. The van der Waals surface area contributed by atoms with Crippen LogP contribution in [0.5, 0.6) is 5.75 Å². The first-order chi connectivity index (χ1) is 18.1. The van der Waals surface area contributed by atoms with E-state index in [1.807, 2.05) is 19.9 Å². The number of fused-ring (bicyclic) bond motifs is 3. The highest BCUT2D eigenvalue weighted by Crippen LogP contribution is 2.52. The first-order valence-corrected chi connectivity index (χ1v) is 13.3. The third-order valence-corrected chi connectivity index (χ3v) is 7.94. The highest BCUT2D eigenvalue weighted by Gasteiger charge is 2.59. The van der Waals surface area contributed by atoms with Crippen molar-refractivity contribution in [2.75, 3.05) is 7.11 Å². The number of halogens is 1. The number of hydrogen-bond donors (Lipinski definition) is 2. The van der Waals surface area contributed by atoms with Crippen LogP contribution in [-0.2, 0) is 19.0 Å². The molecule has 4 rings (SSSR count). The molecule has 3 aliphatic rings. The zero-order valence-electron chi connectivity index (χ0n) is 22.3. The first kappa shape index (κ1) is 28.0. The van der Waals surface area contributed by atoms with Gasteiger partial charge in [0.15, 0.2) is 11.6 Å². The summed E-state index contributed by atoms with van der Waals surface area (Å²) < 4.78 is 24.6. The van der Waals surface area contributed by atoms with Crippen LogP contribution in [0, 0.1) is 29.5 Å². The molecule has 4 atom stereocenters. The summed E-state index contributed by atoms with van der Waals surface area (Å²) in [6.07, 6.45) is 3.80. The topological polar surface area (TPSA) is 113 Å². The van der Waals surface area contributed by atoms with E-state index in [0.717, 1.165) is 36.7 Å². The molecule has 2 fully saturated rings. The lowest BCUT2D eigenvalue weighted by Crippen LogP contribution is -2.46. The number of carbonyl (C=O) groups excluding carboxylic acids is 3. The lowest BCUT2D eigenvalue weighted by molar-refractivity contribution is -0.137. The van der Waals surface area contributed by atoms with Crippen molar-refractivity contribution in [3.05, 3.63) is 46.3 Å². The van der Waals surface area contributed by atoms with Gasteiger partial charge in [0.05, 0.1) is 25.0 Å². The van der Waals surface area contributed by atoms with Gasteiger partial charge in [-0.2, -0.15) is 4.90 Å². The van der Waals surface area contributed by atoms with Crippen LogP contribution >= 0.6 is 0 Å². The Hall–Kier alpha value is -2.98. The van der Waals surface area contributed by atoms with Gasteiger partial charge in [-0.05, 0) is 67.1 Å². The van der Waals surface area contributed by atoms with Crippen LogP contribution in [-0.4, -0.2) is 53.3 Å². The van der Waals surface area contributed by atoms with Gasteiger partial charge in [0.25, 0.3) is 0 Å². The van der Waals surface area contributed by atoms with Gasteiger partial charge in [0.2, 0.25) is 11.8 Å². The second kappa shape index (κ2) is 11.4. The highest BCUT2D eigenvalue weighted by atomic mass is 19.1. The smallest absolute Gasteiger partial charge is 0.455 e. The van der Waals surface area contributed by atoms with Crippen molar-refractivity contribution in [2.45, 2.75) is 65.3 Å². The molecule has 8 nitrogen and oxygen atoms in total. The minimum atomic E-state index is -1.11. The van der Waals surface area contributed by atoms with Gasteiger partial charge < -0.3 is 19.5 Å². The SMILES string of the molecule is CCC/C(=C\c1ccc(O)c(F)c1)CC[C@H]1OB(O)C[C@H]2C1=C(C(C)C)C[C@H]1C(=O)N(C(=O)OC)C(=O)[C@H]12. The van der Waals surface area contributed by atoms with Crippen molar-refractivity contribution in [2.24, 2.45) is 23.7 Å². The molecule has 2 saturated heterocycles. The number of methoxy groups -OCH3 is 1. The molecule has 204 valence electrons. The second-order valence-electron chi connectivity index (χ2n) is 10.7. The third kappa shape index (κ3) is 5.29. The molecule has 0 spiro atoms. The van der Waals surface area contributed by atoms with Crippen LogP contribution in [0.25, 0.3) is 6.08 Å². The van der Waals surface area contributed by atoms with E-state index in [4.69, 9.17) is 9.39 Å². The Balaban J connectivity index is 1.64. The van der Waals surface area contributed by atoms with Crippen LogP contribution in [0.15, 0.2) is 34.9 Å². The largest absolute Gasteiger partial charge is 0.505 e. The number of benzene rings is 1. The number of rotatable bonds is 7. The molecule has 38 heavy (non-hydrogen) atoms. The minimum Gasteiger partial charge on any atom is -0.505 e. The van der Waals surface area contributed by atoms with Crippen LogP contribution in [0.2, 0.25) is 6.32 Å². The number of nitrogens with zero attached hydrogens (tertiary/aromatic N) is 1. The Labute approximate surface area is 222 Å². The van der Waals surface area contributed by atoms with Crippen molar-refractivity contribution in [1.82, 2.24) is 4.90 Å². The number of imide groups is 3. The number of phenolic OH excluding ortho intramolecular Hbond substituents is 1. The number of likely N-dealkylation sites (tertiary alicyclic amines) is 1. The van der Waals surface area contributed by atoms with E-state index >= 15 is 0 Å². The predicted molar refractivity (Wildman–Crippen MR) is 139 cm³/mol. The third-order valence-electron chi connectivity index (χ3n) is 7.94. The number of ether oxygens (including phenoxy) is 1. The van der Waals surface area contributed by atoms with Crippen molar-refractivity contribution in [3.8, 4) is 5.75 Å². The van der Waals surface area contributed by atoms with Gasteiger partial charge in [-0.3, -0.25) is 9.59 Å². The molecule has 2 aliphatic heterocycles. The van der Waals surface area contributed by atoms with Gasteiger partial charge in [-0.25, -0.2) is 9.18 Å². The van der Waals surface area contributed by atoms with E-state index in [9.17, 15) is 28.9 Å². The lowest BCUT2D eigenvalue weighted by Gasteiger charge is -2.44. The fraction of sp³-hybridized carbons (Fsp3) is 0.536. The van der Waals surface area contributed by atoms with E-state index in [-0.39, 0.29) is 12.2 Å². The van der Waals surface area contributed by atoms with Crippen molar-refractivity contribution >= 4 is 31.1 Å². The Bertz CT molecular complexity index is 1180. The molecular weight excluding hydrogens is 492 g/mol. The first-order valence-electron chi connectivity index (χ1n) is 13.3. The summed E-state index contributed by atoms with van der Waals surface area (Å²) in [5, 5.41) is 20.2. The average Bonchev–Trinajstić information content (AvgIpc) is 3.13. The molecular formula is C28H35BFNO7. The monoisotopic (exact) mass is 527 g/mol. The van der Waals surface area contributed by atoms with Crippen molar-refractivity contribution < 1.29 is 38.3 Å². The van der Waals surface area contributed by atoms with Gasteiger partial charge in [0, 0.05) is 0 Å². The van der Waals surface area contributed by atoms with Gasteiger partial charge >= 0.3 is 13.2 Å². The predicted octanol–water partition coefficient (Wildman–Crippen LogP) is 4.71. The van der Waals surface area contributed by atoms with E-state index in [2.05, 4.69) is 6.92 Å². The normalized spacial score (nSPS) is 25.7. The molecule has 10 heteroatoms. The number of amides is 3. The second-order valence-corrected chi connectivity index (χ2v) is 10.7. The van der Waals surface area contributed by atoms with Crippen LogP contribution in [0.3, 0.4) is 0 Å². The molecule has 0 aromatic heterocycles. The highest BCUT2D eigenvalue weighted by molar-refractivity contribution is 6.43. The number of phenols is 1. The molecule has 0 unspecified atom stereocenters. The standard InChI is InChI=1S/C28H35BFNO7/c1-5-6-16(11-17-7-9-22(32)21(30)12-17)8-10-23-24-18(15(2)3)13-19-25(20(24)14-29(36)38-23)27(34)31(26(19)33)28(35)37-4/h7,9,11-12,15,19-20,23,25,32,36H,5-6,8,10,13-14H2,1-4H3/b16-11+/t19-,20+,23-,25-/m1/s1. The summed E-state index contributed by atoms with van der Waals surface area (Å²) in [5.41, 5.74) is 3.70. The molecule has 2 heterocycles. The number of allylic oxidation sites excluding steroid dienone is 2. The van der Waals surface area contributed by atoms with Gasteiger partial charge in [0.1, 0.15) is 0 Å². The molecule has 1 aromatic rings. The molecule has 1 aliphatic carbocycles. The molecule has 2 N–H and O–H groups in total. The number of aromatic hydroxyl groups is 1. The molecule has 3 amide bonds. The van der Waals surface area contributed by atoms with Gasteiger partial charge in [-0.1, -0.05) is 50.5 Å². The van der Waals surface area contributed by atoms with E-state index in [1.165, 1.54) is 12.1 Å². The van der Waals surface area contributed by atoms with Gasteiger partial charge in [-0.15, -0.1) is 0 Å². The Morgan fingerprint density at radius 1 is 1.26 bits per heavy atom. The quantitative estimate of drug-likeness (QED) is 0.300. The van der Waals surface area contributed by atoms with E-state index in [0.29, 0.717) is 29.7 Å². The summed E-state index contributed by atoms with van der Waals surface area (Å²) >= 11 is 0. The summed E-state index contributed by atoms with van der Waals surface area (Å²) in [6.45, 7) is 6.12. The Morgan fingerprint density at radius 2 is 2.00 bits per heavy atom. The lowest BCUT2D eigenvalue weighted by atomic mass is 9.57. The maximum atomic E-state index is 13.9.